The van der Waals surface area contributed by atoms with Gasteiger partial charge in [-0.05, 0) is 59.9 Å². The molecule has 0 aliphatic rings. The van der Waals surface area contributed by atoms with E-state index in [1.54, 1.807) is 45.3 Å². The van der Waals surface area contributed by atoms with E-state index in [0.29, 0.717) is 0 Å². The Kier molecular flexibility index (Phi) is 13.0. The van der Waals surface area contributed by atoms with E-state index >= 15 is 0 Å². The number of hydrogen-bond donors (Lipinski definition) is 0. The number of aromatic nitrogens is 4. The van der Waals surface area contributed by atoms with Gasteiger partial charge in [-0.1, -0.05) is 60.7 Å². The van der Waals surface area contributed by atoms with Gasteiger partial charge in [0.05, 0.1) is 0 Å². The Bertz CT molecular complexity index is 2450. The van der Waals surface area contributed by atoms with Crippen molar-refractivity contribution in [2.24, 2.45) is 0 Å². The van der Waals surface area contributed by atoms with Gasteiger partial charge in [-0.2, -0.15) is 22.7 Å². The van der Waals surface area contributed by atoms with Crippen molar-refractivity contribution < 1.29 is 21.1 Å². The molecule has 0 aliphatic carbocycles. The van der Waals surface area contributed by atoms with E-state index in [2.05, 4.69) is 139 Å². The quantitative estimate of drug-likeness (QED) is 0.127. The maximum atomic E-state index is 4.47. The van der Waals surface area contributed by atoms with Crippen LogP contribution in [-0.2, 0) is 21.1 Å². The summed E-state index contributed by atoms with van der Waals surface area (Å²) >= 11 is 6.53. The molecule has 59 heavy (non-hydrogen) atoms. The molecule has 0 spiro atoms. The molecule has 4 heterocycles. The van der Waals surface area contributed by atoms with Crippen LogP contribution in [-0.4, -0.2) is 19.9 Å². The Morgan fingerprint density at radius 2 is 0.729 bits per heavy atom. The van der Waals surface area contributed by atoms with Crippen LogP contribution in [0.1, 0.15) is 0 Å². The van der Waals surface area contributed by atoms with Crippen molar-refractivity contribution in [2.75, 3.05) is 9.80 Å². The van der Waals surface area contributed by atoms with E-state index in [9.17, 15) is 0 Å². The molecule has 0 aliphatic heterocycles. The Labute approximate surface area is 373 Å². The molecule has 288 valence electrons. The number of rotatable bonds is 10. The summed E-state index contributed by atoms with van der Waals surface area (Å²) in [5, 5.41) is 11.9. The summed E-state index contributed by atoms with van der Waals surface area (Å²) in [6.45, 7) is 0. The summed E-state index contributed by atoms with van der Waals surface area (Å²) in [6, 6.07) is 57.2. The molecule has 10 rings (SSSR count). The molecule has 0 atom stereocenters. The third-order valence-electron chi connectivity index (χ3n) is 8.96. The number of para-hydroxylation sites is 2. The van der Waals surface area contributed by atoms with Crippen LogP contribution in [0.4, 0.5) is 34.1 Å². The third-order valence-corrected chi connectivity index (χ3v) is 12.2. The van der Waals surface area contributed by atoms with Gasteiger partial charge >= 0.3 is 21.1 Å². The van der Waals surface area contributed by atoms with Crippen LogP contribution in [0.2, 0.25) is 0 Å². The van der Waals surface area contributed by atoms with Crippen molar-refractivity contribution in [3.05, 3.63) is 204 Å². The van der Waals surface area contributed by atoms with Crippen LogP contribution in [0.25, 0.3) is 42.3 Å². The van der Waals surface area contributed by atoms with Gasteiger partial charge in [0, 0.05) is 90.2 Å². The minimum atomic E-state index is 0. The van der Waals surface area contributed by atoms with E-state index in [-0.39, 0.29) is 21.1 Å². The number of nitrogens with zero attached hydrogens (tertiary/aromatic N) is 6. The van der Waals surface area contributed by atoms with Gasteiger partial charge in [0.1, 0.15) is 10.0 Å². The maximum absolute atomic E-state index is 4.47. The van der Waals surface area contributed by atoms with E-state index < -0.39 is 0 Å². The molecule has 4 aromatic heterocycles. The first-order valence-corrected chi connectivity index (χ1v) is 21.8. The van der Waals surface area contributed by atoms with Gasteiger partial charge in [0.15, 0.2) is 0 Å². The Morgan fingerprint density at radius 1 is 0.356 bits per heavy atom. The first kappa shape index (κ1) is 39.9. The van der Waals surface area contributed by atoms with Crippen LogP contribution in [0.3, 0.4) is 0 Å². The number of hydrogen-bond acceptors (Lipinski definition) is 10. The molecule has 0 bridgehead atoms. The number of benzene rings is 6. The zero-order valence-electron chi connectivity index (χ0n) is 31.1. The third kappa shape index (κ3) is 9.39. The van der Waals surface area contributed by atoms with Crippen molar-refractivity contribution in [2.45, 2.75) is 0 Å². The predicted octanol–water partition coefficient (Wildman–Crippen LogP) is 14.4. The van der Waals surface area contributed by atoms with Crippen molar-refractivity contribution in [1.82, 2.24) is 19.9 Å². The molecule has 10 aromatic rings. The zero-order chi connectivity index (χ0) is 38.9. The normalized spacial score (nSPS) is 10.6. The SMILES string of the molecule is [Pt+2].[c-]1c(-c2nccs2)cccc1N(c1[c-]c(-c2nccs2)ccc1)c1ccccc1.c1ccc(N(c2cccc(-c3nccs3)c2)c2cccc(-c3nccs3)c2)cc1. The fourth-order valence-corrected chi connectivity index (χ4v) is 8.94. The molecule has 0 fully saturated rings. The van der Waals surface area contributed by atoms with Crippen LogP contribution in [0, 0.1) is 12.1 Å². The second kappa shape index (κ2) is 19.3. The van der Waals surface area contributed by atoms with Crippen LogP contribution < -0.4 is 9.80 Å². The first-order valence-electron chi connectivity index (χ1n) is 18.3. The molecular formula is C48H32N6PtS4. The van der Waals surface area contributed by atoms with E-state index in [4.69, 9.17) is 0 Å². The average Bonchev–Trinajstić information content (AvgIpc) is 4.15. The average molecular weight is 1020 g/mol. The molecule has 0 amide bonds. The van der Waals surface area contributed by atoms with Gasteiger partial charge in [0.2, 0.25) is 0 Å². The van der Waals surface area contributed by atoms with Gasteiger partial charge in [-0.15, -0.1) is 82.3 Å². The summed E-state index contributed by atoms with van der Waals surface area (Å²) in [5.41, 5.74) is 10.4. The molecule has 0 N–H and O–H groups in total. The minimum absolute atomic E-state index is 0. The molecule has 0 saturated carbocycles. The Hall–Kier alpha value is -5.87. The van der Waals surface area contributed by atoms with Crippen molar-refractivity contribution in [3.8, 4) is 42.3 Å². The largest absolute Gasteiger partial charge is 2.00 e. The second-order valence-electron chi connectivity index (χ2n) is 12.7. The molecule has 6 aromatic carbocycles. The topological polar surface area (TPSA) is 58.0 Å². The fourth-order valence-electron chi connectivity index (χ4n) is 6.43. The molecular weight excluding hydrogens is 984 g/mol. The molecule has 0 saturated heterocycles. The van der Waals surface area contributed by atoms with Crippen LogP contribution in [0.5, 0.6) is 0 Å². The van der Waals surface area contributed by atoms with Gasteiger partial charge in [0.25, 0.3) is 0 Å². The predicted molar refractivity (Wildman–Crippen MR) is 244 cm³/mol. The first-order chi connectivity index (χ1) is 28.8. The molecule has 11 heteroatoms. The van der Waals surface area contributed by atoms with E-state index in [1.165, 1.54) is 0 Å². The molecule has 6 nitrogen and oxygen atoms in total. The number of thiazole rings is 4. The summed E-state index contributed by atoms with van der Waals surface area (Å²) in [4.78, 5) is 22.2. The Morgan fingerprint density at radius 3 is 1.14 bits per heavy atom. The van der Waals surface area contributed by atoms with Crippen molar-refractivity contribution in [3.63, 3.8) is 0 Å². The van der Waals surface area contributed by atoms with Crippen LogP contribution >= 0.6 is 45.3 Å². The molecule has 0 radical (unpaired) electrons. The van der Waals surface area contributed by atoms with Crippen LogP contribution in [0.15, 0.2) is 192 Å². The fraction of sp³-hybridized carbons (Fsp3) is 0. The van der Waals surface area contributed by atoms with Crippen molar-refractivity contribution in [1.29, 1.82) is 0 Å². The van der Waals surface area contributed by atoms with Gasteiger partial charge in [-0.3, -0.25) is 9.97 Å². The van der Waals surface area contributed by atoms with Gasteiger partial charge in [-0.25, -0.2) is 9.97 Å². The summed E-state index contributed by atoms with van der Waals surface area (Å²) in [6.07, 6.45) is 7.33. The summed E-state index contributed by atoms with van der Waals surface area (Å²) < 4.78 is 0. The second-order valence-corrected chi connectivity index (χ2v) is 16.3. The maximum Gasteiger partial charge on any atom is 2.00 e. The number of anilines is 6. The van der Waals surface area contributed by atoms with E-state index in [0.717, 1.165) is 76.4 Å². The Balaban J connectivity index is 0.000000161. The monoisotopic (exact) mass is 1020 g/mol. The van der Waals surface area contributed by atoms with Crippen molar-refractivity contribution >= 4 is 79.5 Å². The minimum Gasteiger partial charge on any atom is -0.346 e. The summed E-state index contributed by atoms with van der Waals surface area (Å²) in [7, 11) is 0. The zero-order valence-corrected chi connectivity index (χ0v) is 36.6. The summed E-state index contributed by atoms with van der Waals surface area (Å²) in [5.74, 6) is 0. The van der Waals surface area contributed by atoms with E-state index in [1.807, 2.05) is 94.8 Å². The smallest absolute Gasteiger partial charge is 0.346 e. The molecule has 0 unspecified atom stereocenters. The van der Waals surface area contributed by atoms with Gasteiger partial charge < -0.3 is 9.80 Å². The standard InChI is InChI=1S/C24H17N3S2.C24H15N3S2.Pt/c2*1-2-8-20(9-3-1)27(21-10-4-6-18(16-21)23-25-12-14-28-23)22-11-5-7-19(17-22)24-26-13-15-29-24;/h1-17H;1-15H;/q;-2;+2.